The van der Waals surface area contributed by atoms with Gasteiger partial charge in [-0.3, -0.25) is 14.5 Å². The summed E-state index contributed by atoms with van der Waals surface area (Å²) in [4.78, 5) is 29.1. The number of ether oxygens (including phenoxy) is 2. The molecule has 69 heavy (non-hydrogen) atoms. The molecule has 0 bridgehead atoms. The predicted octanol–water partition coefficient (Wildman–Crippen LogP) is 1.20. The van der Waals surface area contributed by atoms with Crippen LogP contribution < -0.4 is 9.47 Å². The molecule has 3 aliphatic carbocycles. The maximum absolute atomic E-state index is 13.1. The third kappa shape index (κ3) is 9.03. The molecule has 0 spiro atoms. The van der Waals surface area contributed by atoms with Gasteiger partial charge in [-0.25, -0.2) is 4.90 Å². The highest BCUT2D eigenvalue weighted by atomic mass is 16.5. The van der Waals surface area contributed by atoms with Gasteiger partial charge in [0.1, 0.15) is 0 Å². The van der Waals surface area contributed by atoms with Gasteiger partial charge in [-0.15, -0.1) is 0 Å². The van der Waals surface area contributed by atoms with Crippen molar-refractivity contribution < 1.29 is 95.7 Å². The summed E-state index contributed by atoms with van der Waals surface area (Å²) >= 11 is 0. The van der Waals surface area contributed by atoms with Gasteiger partial charge in [0.15, 0.2) is 45.7 Å². The lowest BCUT2D eigenvalue weighted by Crippen LogP contribution is -2.64. The lowest BCUT2D eigenvalue weighted by molar-refractivity contribution is -0.298. The average Bonchev–Trinajstić information content (AvgIpc) is 3.76. The maximum Gasteiger partial charge on any atom is 0.249 e. The Balaban J connectivity index is 0.000000219. The van der Waals surface area contributed by atoms with Gasteiger partial charge in [0, 0.05) is 61.0 Å². The van der Waals surface area contributed by atoms with Crippen molar-refractivity contribution in [2.24, 2.45) is 11.8 Å². The van der Waals surface area contributed by atoms with Crippen LogP contribution in [0.15, 0.2) is 48.1 Å². The summed E-state index contributed by atoms with van der Waals surface area (Å²) in [5, 5.41) is 156. The van der Waals surface area contributed by atoms with Crippen LogP contribution >= 0.6 is 0 Å². The highest BCUT2D eigenvalue weighted by Crippen LogP contribution is 2.52. The molecule has 0 aromatic heterocycles. The Kier molecular flexibility index (Phi) is 14.9. The second-order valence-electron chi connectivity index (χ2n) is 17.9. The monoisotopic (exact) mass is 970 g/mol. The van der Waals surface area contributed by atoms with Crippen molar-refractivity contribution in [2.45, 2.75) is 100 Å². The molecular weight excluding hydrogens is 909 g/mol. The van der Waals surface area contributed by atoms with Gasteiger partial charge in [-0.2, -0.15) is 0 Å². The molecule has 0 radical (unpaired) electrons. The van der Waals surface area contributed by atoms with E-state index >= 15 is 0 Å². The molecule has 2 atom stereocenters. The molecule has 3 aromatic carbocycles. The molecule has 2 aliphatic heterocycles. The van der Waals surface area contributed by atoms with Crippen molar-refractivity contribution in [1.29, 1.82) is 0 Å². The van der Waals surface area contributed by atoms with E-state index in [1.165, 1.54) is 25.2 Å². The number of piperidine rings is 2. The lowest BCUT2D eigenvalue weighted by atomic mass is 9.76. The number of carbonyl (C=O) groups is 2. The average molecular weight is 971 g/mol. The fourth-order valence-corrected chi connectivity index (χ4v) is 9.96. The quantitative estimate of drug-likeness (QED) is 0.0771. The Labute approximate surface area is 396 Å². The van der Waals surface area contributed by atoms with E-state index in [0.717, 1.165) is 12.1 Å². The van der Waals surface area contributed by atoms with E-state index in [1.54, 1.807) is 23.1 Å². The molecule has 0 amide bonds. The number of hydrogen-bond donors (Lipinski definition) is 15. The van der Waals surface area contributed by atoms with Crippen LogP contribution in [0, 0.1) is 11.8 Å². The second kappa shape index (κ2) is 19.6. The summed E-state index contributed by atoms with van der Waals surface area (Å²) in [6, 6.07) is 5.04. The first-order valence-corrected chi connectivity index (χ1v) is 22.5. The number of rotatable bonds is 10. The van der Waals surface area contributed by atoms with E-state index in [9.17, 15) is 86.2 Å². The Bertz CT molecular complexity index is 2470. The number of carbonyl (C=O) groups excluding carboxylic acids is 2. The Hall–Kier alpha value is -5.72. The summed E-state index contributed by atoms with van der Waals surface area (Å²) in [5.41, 5.74) is -4.18. The maximum atomic E-state index is 13.1. The number of hydrogen-bond acceptors (Lipinski definition) is 21. The molecule has 2 heterocycles. The van der Waals surface area contributed by atoms with E-state index in [-0.39, 0.29) is 87.1 Å². The SMILES string of the molecule is CC.COc1cc2c(cc1OC)C(=O)C(O)(C(O)(O)C1CCN(C(O)(O)C3=CC=CCC3)CC1)C2.O=C1c2cc(O)c(O)cc2CC1(O)C(O)(O)C1CCN(Cc2c(O)c(O)c(O)c(O)c2O)CC1. The molecule has 2 fully saturated rings. The highest BCUT2D eigenvalue weighted by Gasteiger charge is 2.63. The molecule has 3 aromatic rings. The van der Waals surface area contributed by atoms with Crippen LogP contribution in [0.5, 0.6) is 51.7 Å². The minimum absolute atomic E-state index is 0.0764. The van der Waals surface area contributed by atoms with Crippen molar-refractivity contribution in [3.63, 3.8) is 0 Å². The number of ketones is 2. The molecule has 5 aliphatic rings. The minimum Gasteiger partial charge on any atom is -0.504 e. The smallest absolute Gasteiger partial charge is 0.249 e. The van der Waals surface area contributed by atoms with Crippen LogP contribution in [-0.2, 0) is 19.4 Å². The largest absolute Gasteiger partial charge is 0.504 e. The molecule has 21 nitrogen and oxygen atoms in total. The minimum atomic E-state index is -2.85. The number of phenolic OH excluding ortho intramolecular Hbond substituents is 7. The Morgan fingerprint density at radius 2 is 1.06 bits per heavy atom. The van der Waals surface area contributed by atoms with E-state index in [0.29, 0.717) is 35.5 Å². The van der Waals surface area contributed by atoms with Crippen LogP contribution in [0.3, 0.4) is 0 Å². The first-order valence-electron chi connectivity index (χ1n) is 22.5. The summed E-state index contributed by atoms with van der Waals surface area (Å²) in [5.74, 6) is -16.4. The Morgan fingerprint density at radius 3 is 1.54 bits per heavy atom. The van der Waals surface area contributed by atoms with Gasteiger partial charge >= 0.3 is 0 Å². The van der Waals surface area contributed by atoms with Crippen molar-refractivity contribution >= 4 is 11.6 Å². The van der Waals surface area contributed by atoms with Gasteiger partial charge in [-0.05, 0) is 87.0 Å². The van der Waals surface area contributed by atoms with E-state index < -0.39 is 98.8 Å². The third-order valence-electron chi connectivity index (χ3n) is 14.1. The van der Waals surface area contributed by atoms with Crippen LogP contribution in [0.4, 0.5) is 0 Å². The molecule has 378 valence electrons. The van der Waals surface area contributed by atoms with Crippen molar-refractivity contribution in [3.8, 4) is 51.7 Å². The number of fused-ring (bicyclic) bond motifs is 2. The van der Waals surface area contributed by atoms with Crippen molar-refractivity contribution in [1.82, 2.24) is 9.80 Å². The molecule has 15 N–H and O–H groups in total. The van der Waals surface area contributed by atoms with Crippen molar-refractivity contribution in [2.75, 3.05) is 40.4 Å². The second-order valence-corrected chi connectivity index (χ2v) is 17.9. The van der Waals surface area contributed by atoms with Crippen LogP contribution in [0.1, 0.15) is 89.8 Å². The van der Waals surface area contributed by atoms with Gasteiger partial charge in [0.25, 0.3) is 0 Å². The van der Waals surface area contributed by atoms with E-state index in [2.05, 4.69) is 0 Å². The number of Topliss-reactive ketones (excluding diaryl/α,β-unsaturated/α-hetero) is 2. The van der Waals surface area contributed by atoms with E-state index in [1.807, 2.05) is 19.9 Å². The Morgan fingerprint density at radius 1 is 0.623 bits per heavy atom. The van der Waals surface area contributed by atoms with E-state index in [4.69, 9.17) is 9.47 Å². The molecule has 2 unspecified atom stereocenters. The summed E-state index contributed by atoms with van der Waals surface area (Å²) in [6.45, 7) is 4.46. The summed E-state index contributed by atoms with van der Waals surface area (Å²) in [7, 11) is 2.87. The van der Waals surface area contributed by atoms with Gasteiger partial charge in [0.2, 0.25) is 46.3 Å². The highest BCUT2D eigenvalue weighted by molar-refractivity contribution is 6.08. The molecule has 0 saturated carbocycles. The lowest BCUT2D eigenvalue weighted by Gasteiger charge is -2.47. The zero-order chi connectivity index (χ0) is 51.2. The van der Waals surface area contributed by atoms with Gasteiger partial charge in [0.05, 0.1) is 19.8 Å². The number of methoxy groups -OCH3 is 2. The molecule has 8 rings (SSSR count). The topological polar surface area (TPSA) is 363 Å². The van der Waals surface area contributed by atoms with Crippen molar-refractivity contribution in [3.05, 3.63) is 75.9 Å². The molecule has 2 saturated heterocycles. The first kappa shape index (κ1) is 52.6. The standard InChI is InChI=1S/C24H31NO8.C22H25NO11.C2H6/c1-32-19-12-15-14-22(27,21(26)18(15)13-20(19)33-2)23(28,29)16-8-10-25(11-9-16)24(30,31)17-6-4-3-5-7-17;24-13-5-9-7-21(32,20(31)11(9)6-14(13)25)22(33,34)10-1-3-23(4-2-10)8-12-15(26)17(28)19(30)18(29)16(12)27;1-2/h3-4,6,12-13,16,27-31H,5,7-11,14H2,1-2H3;5-6,10,24-30,32-34H,1-4,7-8H2;1-2H3. The summed E-state index contributed by atoms with van der Waals surface area (Å²) < 4.78 is 10.5. The number of aromatic hydroxyl groups is 7. The third-order valence-corrected chi connectivity index (χ3v) is 14.1. The predicted molar refractivity (Wildman–Crippen MR) is 242 cm³/mol. The first-order chi connectivity index (χ1) is 32.3. The summed E-state index contributed by atoms with van der Waals surface area (Å²) in [6.07, 6.45) is 6.34. The van der Waals surface area contributed by atoms with Crippen LogP contribution in [0.25, 0.3) is 0 Å². The number of likely N-dealkylation sites (tertiary alicyclic amines) is 2. The number of benzene rings is 3. The zero-order valence-electron chi connectivity index (χ0n) is 38.6. The van der Waals surface area contributed by atoms with Crippen LogP contribution in [-0.4, -0.2) is 167 Å². The number of nitrogens with zero attached hydrogens (tertiary/aromatic N) is 2. The van der Waals surface area contributed by atoms with Crippen LogP contribution in [0.2, 0.25) is 0 Å². The molecule has 21 heteroatoms. The fourth-order valence-electron chi connectivity index (χ4n) is 9.96. The zero-order valence-corrected chi connectivity index (χ0v) is 38.6. The number of phenols is 7. The van der Waals surface area contributed by atoms with Gasteiger partial charge < -0.3 is 86.1 Å². The number of allylic oxidation sites excluding steroid dienone is 3. The molecular formula is C48H62N2O19. The normalized spacial score (nSPS) is 22.5. The number of aliphatic hydroxyl groups is 8. The fraction of sp³-hybridized carbons (Fsp3) is 0.500. The van der Waals surface area contributed by atoms with Gasteiger partial charge in [-0.1, -0.05) is 32.1 Å².